The smallest absolute Gasteiger partial charge is 0.274 e. The number of carbonyl (C=O) groups is 1. The van der Waals surface area contributed by atoms with Gasteiger partial charge in [0, 0.05) is 17.3 Å². The van der Waals surface area contributed by atoms with Gasteiger partial charge in [-0.25, -0.2) is 0 Å². The molecule has 2 aliphatic heterocycles. The summed E-state index contributed by atoms with van der Waals surface area (Å²) < 4.78 is 11.2. The molecule has 0 aliphatic carbocycles. The van der Waals surface area contributed by atoms with Gasteiger partial charge in [-0.15, -0.1) is 0 Å². The van der Waals surface area contributed by atoms with Crippen molar-refractivity contribution in [3.8, 4) is 0 Å². The molecule has 2 fully saturated rings. The third-order valence-electron chi connectivity index (χ3n) is 4.66. The van der Waals surface area contributed by atoms with Crippen LogP contribution in [0, 0.1) is 17.0 Å². The second kappa shape index (κ2) is 7.90. The zero-order valence-electron chi connectivity index (χ0n) is 14.3. The summed E-state index contributed by atoms with van der Waals surface area (Å²) in [6.45, 7) is 3.89. The van der Waals surface area contributed by atoms with Crippen LogP contribution < -0.4 is 5.32 Å². The molecule has 0 saturated carbocycles. The van der Waals surface area contributed by atoms with Crippen molar-refractivity contribution in [2.75, 3.05) is 31.6 Å². The van der Waals surface area contributed by atoms with Crippen molar-refractivity contribution >= 4 is 17.3 Å². The fourth-order valence-corrected chi connectivity index (χ4v) is 3.39. The number of ether oxygens (including phenoxy) is 2. The Morgan fingerprint density at radius 3 is 2.84 bits per heavy atom. The maximum Gasteiger partial charge on any atom is 0.274 e. The number of benzene rings is 1. The summed E-state index contributed by atoms with van der Waals surface area (Å²) >= 11 is 0. The fraction of sp³-hybridized carbons (Fsp3) is 0.588. The van der Waals surface area contributed by atoms with E-state index in [0.29, 0.717) is 24.5 Å². The van der Waals surface area contributed by atoms with E-state index in [1.165, 1.54) is 6.07 Å². The highest BCUT2D eigenvalue weighted by Gasteiger charge is 2.34. The first-order valence-corrected chi connectivity index (χ1v) is 8.57. The molecule has 2 saturated heterocycles. The van der Waals surface area contributed by atoms with Gasteiger partial charge in [0.15, 0.2) is 6.29 Å². The van der Waals surface area contributed by atoms with Crippen molar-refractivity contribution in [2.24, 2.45) is 0 Å². The van der Waals surface area contributed by atoms with Crippen LogP contribution in [-0.2, 0) is 14.3 Å². The topological polar surface area (TPSA) is 93.9 Å². The predicted octanol–water partition coefficient (Wildman–Crippen LogP) is 2.07. The molecule has 0 radical (unpaired) electrons. The summed E-state index contributed by atoms with van der Waals surface area (Å²) in [7, 11) is 0. The highest BCUT2D eigenvalue weighted by atomic mass is 16.7. The lowest BCUT2D eigenvalue weighted by Crippen LogP contribution is -2.50. The van der Waals surface area contributed by atoms with E-state index in [9.17, 15) is 14.9 Å². The Hall–Kier alpha value is -2.03. The third kappa shape index (κ3) is 4.33. The number of piperidine rings is 1. The molecule has 3 rings (SSSR count). The Labute approximate surface area is 146 Å². The first kappa shape index (κ1) is 17.8. The normalized spacial score (nSPS) is 22.0. The number of hydrogen-bond acceptors (Lipinski definition) is 6. The van der Waals surface area contributed by atoms with Gasteiger partial charge in [0.1, 0.15) is 0 Å². The van der Waals surface area contributed by atoms with Gasteiger partial charge in [-0.2, -0.15) is 0 Å². The van der Waals surface area contributed by atoms with Crippen molar-refractivity contribution in [3.63, 3.8) is 0 Å². The molecule has 2 aliphatic rings. The highest BCUT2D eigenvalue weighted by Crippen LogP contribution is 2.25. The Morgan fingerprint density at radius 2 is 2.12 bits per heavy atom. The number of nitro groups is 1. The number of rotatable bonds is 5. The Morgan fingerprint density at radius 1 is 1.36 bits per heavy atom. The SMILES string of the molecule is Cc1ccc(NC(=O)CN2CCCCC2C2OCCO2)cc1[N+](=O)[O-]. The number of carbonyl (C=O) groups excluding carboxylic acids is 1. The van der Waals surface area contributed by atoms with Gasteiger partial charge in [0.25, 0.3) is 5.69 Å². The van der Waals surface area contributed by atoms with E-state index in [-0.39, 0.29) is 30.5 Å². The average molecular weight is 349 g/mol. The van der Waals surface area contributed by atoms with Crippen LogP contribution in [0.25, 0.3) is 0 Å². The first-order chi connectivity index (χ1) is 12.0. The molecule has 8 heteroatoms. The van der Waals surface area contributed by atoms with Gasteiger partial charge in [0.2, 0.25) is 5.91 Å². The van der Waals surface area contributed by atoms with Crippen molar-refractivity contribution in [2.45, 2.75) is 38.5 Å². The molecule has 136 valence electrons. The van der Waals surface area contributed by atoms with Crippen LogP contribution in [0.4, 0.5) is 11.4 Å². The number of hydrogen-bond donors (Lipinski definition) is 1. The van der Waals surface area contributed by atoms with Crippen molar-refractivity contribution < 1.29 is 19.2 Å². The van der Waals surface area contributed by atoms with E-state index in [2.05, 4.69) is 10.2 Å². The van der Waals surface area contributed by atoms with E-state index in [4.69, 9.17) is 9.47 Å². The average Bonchev–Trinajstić information content (AvgIpc) is 3.11. The summed E-state index contributed by atoms with van der Waals surface area (Å²) in [5.41, 5.74) is 1.00. The van der Waals surface area contributed by atoms with Crippen LogP contribution in [0.3, 0.4) is 0 Å². The summed E-state index contributed by atoms with van der Waals surface area (Å²) in [5, 5.41) is 13.8. The number of likely N-dealkylation sites (tertiary alicyclic amines) is 1. The van der Waals surface area contributed by atoms with Gasteiger partial charge >= 0.3 is 0 Å². The molecule has 0 bridgehead atoms. The van der Waals surface area contributed by atoms with E-state index in [0.717, 1.165) is 25.8 Å². The lowest BCUT2D eigenvalue weighted by Gasteiger charge is -2.37. The molecular formula is C17H23N3O5. The fourth-order valence-electron chi connectivity index (χ4n) is 3.39. The van der Waals surface area contributed by atoms with Gasteiger partial charge in [-0.1, -0.05) is 12.5 Å². The number of nitrogens with one attached hydrogen (secondary N) is 1. The quantitative estimate of drug-likeness (QED) is 0.646. The zero-order chi connectivity index (χ0) is 17.8. The summed E-state index contributed by atoms with van der Waals surface area (Å²) in [4.78, 5) is 25.1. The van der Waals surface area contributed by atoms with E-state index in [1.807, 2.05) is 0 Å². The minimum absolute atomic E-state index is 0.00130. The van der Waals surface area contributed by atoms with Gasteiger partial charge in [0.05, 0.1) is 30.7 Å². The number of nitrogens with zero attached hydrogens (tertiary/aromatic N) is 2. The Bertz CT molecular complexity index is 645. The van der Waals surface area contributed by atoms with Gasteiger partial charge in [-0.3, -0.25) is 19.8 Å². The van der Waals surface area contributed by atoms with Crippen molar-refractivity contribution in [1.29, 1.82) is 0 Å². The van der Waals surface area contributed by atoms with Crippen LogP contribution in [-0.4, -0.2) is 54.4 Å². The van der Waals surface area contributed by atoms with E-state index >= 15 is 0 Å². The van der Waals surface area contributed by atoms with Crippen molar-refractivity contribution in [1.82, 2.24) is 4.90 Å². The largest absolute Gasteiger partial charge is 0.349 e. The summed E-state index contributed by atoms with van der Waals surface area (Å²) in [6, 6.07) is 4.79. The second-order valence-electron chi connectivity index (χ2n) is 6.45. The lowest BCUT2D eigenvalue weighted by atomic mass is 10.0. The maximum atomic E-state index is 12.4. The minimum Gasteiger partial charge on any atom is -0.349 e. The summed E-state index contributed by atoms with van der Waals surface area (Å²) in [6.07, 6.45) is 2.80. The number of amides is 1. The molecular weight excluding hydrogens is 326 g/mol. The first-order valence-electron chi connectivity index (χ1n) is 8.57. The lowest BCUT2D eigenvalue weighted by molar-refractivity contribution is -0.385. The standard InChI is InChI=1S/C17H23N3O5/c1-12-5-6-13(10-15(12)20(22)23)18-16(21)11-19-7-3-2-4-14(19)17-24-8-9-25-17/h5-6,10,14,17H,2-4,7-9,11H2,1H3,(H,18,21). The minimum atomic E-state index is -0.444. The predicted molar refractivity (Wildman–Crippen MR) is 91.4 cm³/mol. The third-order valence-corrected chi connectivity index (χ3v) is 4.66. The number of nitro benzene ring substituents is 1. The molecule has 25 heavy (non-hydrogen) atoms. The Balaban J connectivity index is 1.63. The van der Waals surface area contributed by atoms with Crippen LogP contribution in [0.5, 0.6) is 0 Å². The molecule has 0 aromatic heterocycles. The number of anilines is 1. The Kier molecular flexibility index (Phi) is 5.62. The molecule has 1 aromatic carbocycles. The van der Waals surface area contributed by atoms with E-state index in [1.54, 1.807) is 19.1 Å². The number of aryl methyl sites for hydroxylation is 1. The van der Waals surface area contributed by atoms with Crippen LogP contribution in [0.2, 0.25) is 0 Å². The summed E-state index contributed by atoms with van der Waals surface area (Å²) in [5.74, 6) is -0.192. The molecule has 1 unspecified atom stereocenters. The molecule has 1 atom stereocenters. The highest BCUT2D eigenvalue weighted by molar-refractivity contribution is 5.92. The monoisotopic (exact) mass is 349 g/mol. The molecule has 0 spiro atoms. The van der Waals surface area contributed by atoms with E-state index < -0.39 is 4.92 Å². The molecule has 1 N–H and O–H groups in total. The van der Waals surface area contributed by atoms with Crippen LogP contribution >= 0.6 is 0 Å². The zero-order valence-corrected chi connectivity index (χ0v) is 14.3. The molecule has 1 aromatic rings. The van der Waals surface area contributed by atoms with Crippen LogP contribution in [0.15, 0.2) is 18.2 Å². The maximum absolute atomic E-state index is 12.4. The molecule has 8 nitrogen and oxygen atoms in total. The van der Waals surface area contributed by atoms with Crippen molar-refractivity contribution in [3.05, 3.63) is 33.9 Å². The second-order valence-corrected chi connectivity index (χ2v) is 6.45. The molecule has 2 heterocycles. The van der Waals surface area contributed by atoms with Gasteiger partial charge < -0.3 is 14.8 Å². The van der Waals surface area contributed by atoms with Crippen LogP contribution in [0.1, 0.15) is 24.8 Å². The molecule has 1 amide bonds. The van der Waals surface area contributed by atoms with Gasteiger partial charge in [-0.05, 0) is 32.4 Å².